The Bertz CT molecular complexity index is 121. The second-order valence-electron chi connectivity index (χ2n) is 2.11. The Balaban J connectivity index is 0. The van der Waals surface area contributed by atoms with Gasteiger partial charge in [-0.15, -0.1) is 0 Å². The summed E-state index contributed by atoms with van der Waals surface area (Å²) in [6.07, 6.45) is -1.32. The van der Waals surface area contributed by atoms with Gasteiger partial charge in [0.05, 0.1) is 12.1 Å². The number of aliphatic carboxylic acids is 1. The largest absolute Gasteiger partial charge is 1.00 e. The number of hydrogen-bond donors (Lipinski definition) is 2. The number of carboxylic acid groups (broad SMARTS) is 1. The molecule has 0 heterocycles. The van der Waals surface area contributed by atoms with E-state index in [1.807, 2.05) is 0 Å². The maximum Gasteiger partial charge on any atom is 1.00 e. The normalized spacial score (nSPS) is 18.4. The summed E-state index contributed by atoms with van der Waals surface area (Å²) in [5.41, 5.74) is -2.14. The minimum atomic E-state index is -2.14. The van der Waals surface area contributed by atoms with Gasteiger partial charge < -0.3 is 20.1 Å². The molecule has 0 spiro atoms. The average Bonchev–Trinajstić information content (AvgIpc) is 1.65. The van der Waals surface area contributed by atoms with Gasteiger partial charge in [-0.1, -0.05) is 0 Å². The zero-order chi connectivity index (χ0) is 7.65. The molecule has 0 amide bonds. The van der Waals surface area contributed by atoms with E-state index in [1.165, 1.54) is 6.92 Å². The second kappa shape index (κ2) is 4.31. The molecule has 0 aliphatic heterocycles. The molecule has 4 nitrogen and oxygen atoms in total. The van der Waals surface area contributed by atoms with Crippen molar-refractivity contribution in [2.75, 3.05) is 0 Å². The maximum absolute atomic E-state index is 9.94. The van der Waals surface area contributed by atoms with Gasteiger partial charge in [0.1, 0.15) is 5.60 Å². The molecule has 5 heteroatoms. The molecule has 1 unspecified atom stereocenters. The number of rotatable bonds is 2. The first-order valence-electron chi connectivity index (χ1n) is 2.51. The molecule has 0 saturated heterocycles. The van der Waals surface area contributed by atoms with E-state index in [9.17, 15) is 9.90 Å². The van der Waals surface area contributed by atoms with Crippen molar-refractivity contribution in [3.8, 4) is 0 Å². The van der Waals surface area contributed by atoms with Crippen LogP contribution in [-0.4, -0.2) is 27.9 Å². The third-order valence-electron chi connectivity index (χ3n) is 1.23. The van der Waals surface area contributed by atoms with Crippen LogP contribution in [-0.2, 0) is 4.79 Å². The third kappa shape index (κ3) is 2.98. The van der Waals surface area contributed by atoms with Gasteiger partial charge in [0, 0.05) is 0 Å². The van der Waals surface area contributed by atoms with E-state index in [1.54, 1.807) is 0 Å². The Morgan fingerprint density at radius 1 is 1.70 bits per heavy atom. The van der Waals surface area contributed by atoms with Gasteiger partial charge in [-0.3, -0.25) is 0 Å². The summed E-state index contributed by atoms with van der Waals surface area (Å²) in [5.74, 6) is -1.67. The number of aliphatic hydroxyl groups excluding tert-OH is 1. The summed E-state index contributed by atoms with van der Waals surface area (Å²) < 4.78 is 0. The van der Waals surface area contributed by atoms with Crippen LogP contribution in [0, 0.1) is 0 Å². The molecule has 0 aliphatic carbocycles. The molecule has 0 bridgehead atoms. The fraction of sp³-hybridized carbons (Fsp3) is 0.800. The van der Waals surface area contributed by atoms with Crippen molar-refractivity contribution in [1.82, 2.24) is 0 Å². The summed E-state index contributed by atoms with van der Waals surface area (Å²) in [4.78, 5) is 9.94. The maximum atomic E-state index is 9.94. The minimum absolute atomic E-state index is 0. The Labute approximate surface area is 81.2 Å². The Morgan fingerprint density at radius 2 is 2.00 bits per heavy atom. The van der Waals surface area contributed by atoms with Crippen LogP contribution in [0.4, 0.5) is 0 Å². The van der Waals surface area contributed by atoms with E-state index in [2.05, 4.69) is 0 Å². The zero-order valence-electron chi connectivity index (χ0n) is 6.29. The molecule has 0 aromatic heterocycles. The van der Waals surface area contributed by atoms with Crippen LogP contribution in [0.3, 0.4) is 0 Å². The van der Waals surface area contributed by atoms with Crippen molar-refractivity contribution < 1.29 is 49.7 Å². The van der Waals surface area contributed by atoms with Gasteiger partial charge in [0.25, 0.3) is 0 Å². The molecule has 0 aromatic rings. The molecule has 0 radical (unpaired) electrons. The third-order valence-corrected chi connectivity index (χ3v) is 1.23. The van der Waals surface area contributed by atoms with Gasteiger partial charge in [-0.2, -0.15) is 0 Å². The van der Waals surface area contributed by atoms with Crippen molar-refractivity contribution in [3.63, 3.8) is 0 Å². The van der Waals surface area contributed by atoms with E-state index >= 15 is 0 Å². The Kier molecular flexibility index (Phi) is 5.60. The zero-order valence-corrected chi connectivity index (χ0v) is 8.29. The number of hydrogen-bond acceptors (Lipinski definition) is 4. The van der Waals surface area contributed by atoms with Crippen molar-refractivity contribution >= 4 is 5.97 Å². The van der Waals surface area contributed by atoms with E-state index in [4.69, 9.17) is 10.2 Å². The summed E-state index contributed by atoms with van der Waals surface area (Å²) in [5, 5.41) is 27.3. The van der Waals surface area contributed by atoms with E-state index < -0.39 is 17.7 Å². The summed E-state index contributed by atoms with van der Waals surface area (Å²) in [6.45, 7) is 2.16. The van der Waals surface area contributed by atoms with Crippen LogP contribution in [0.25, 0.3) is 0 Å². The minimum Gasteiger partial charge on any atom is -0.547 e. The van der Waals surface area contributed by atoms with Gasteiger partial charge in [-0.25, -0.2) is 0 Å². The summed E-state index contributed by atoms with van der Waals surface area (Å²) in [7, 11) is 0. The van der Waals surface area contributed by atoms with Gasteiger partial charge in [0.15, 0.2) is 0 Å². The number of carbonyl (C=O) groups is 1. The van der Waals surface area contributed by atoms with Crippen LogP contribution in [0.5, 0.6) is 0 Å². The number of carboxylic acids is 1. The summed E-state index contributed by atoms with van der Waals surface area (Å²) in [6, 6.07) is 0. The second-order valence-corrected chi connectivity index (χ2v) is 2.11. The quantitative estimate of drug-likeness (QED) is 0.392. The van der Waals surface area contributed by atoms with Crippen molar-refractivity contribution in [3.05, 3.63) is 0 Å². The van der Waals surface area contributed by atoms with E-state index in [0.29, 0.717) is 0 Å². The molecular weight excluding hydrogens is 147 g/mol. The molecule has 10 heavy (non-hydrogen) atoms. The predicted molar refractivity (Wildman–Crippen MR) is 27.3 cm³/mol. The molecule has 0 aromatic carbocycles. The molecule has 54 valence electrons. The van der Waals surface area contributed by atoms with E-state index in [0.717, 1.165) is 6.92 Å². The van der Waals surface area contributed by atoms with Crippen molar-refractivity contribution in [2.45, 2.75) is 25.6 Å². The van der Waals surface area contributed by atoms with E-state index in [-0.39, 0.29) is 29.6 Å². The van der Waals surface area contributed by atoms with Crippen LogP contribution in [0.15, 0.2) is 0 Å². The monoisotopic (exact) mass is 156 g/mol. The molecular formula is C5H9NaO4. The fourth-order valence-electron chi connectivity index (χ4n) is 0.171. The van der Waals surface area contributed by atoms with Gasteiger partial charge in [0.2, 0.25) is 0 Å². The van der Waals surface area contributed by atoms with Gasteiger partial charge >= 0.3 is 29.6 Å². The topological polar surface area (TPSA) is 80.6 Å². The molecule has 0 fully saturated rings. The van der Waals surface area contributed by atoms with Crippen LogP contribution in [0.2, 0.25) is 0 Å². The Morgan fingerprint density at radius 3 is 2.00 bits per heavy atom. The van der Waals surface area contributed by atoms with Crippen molar-refractivity contribution in [2.24, 2.45) is 0 Å². The first kappa shape index (κ1) is 13.0. The molecule has 2 atom stereocenters. The standard InChI is InChI=1S/C5H10O4.Na/c1-3(6)5(2,9)4(7)8;/h3,6,9H,1-2H3,(H,7,8);/q;+1/p-1/t3-,5?;/m1./s1. The summed E-state index contributed by atoms with van der Waals surface area (Å²) >= 11 is 0. The smallest absolute Gasteiger partial charge is 0.547 e. The van der Waals surface area contributed by atoms with Gasteiger partial charge in [-0.05, 0) is 13.8 Å². The molecule has 0 saturated carbocycles. The first-order chi connectivity index (χ1) is 3.89. The molecule has 0 aliphatic rings. The number of aliphatic hydroxyl groups is 2. The predicted octanol–water partition coefficient (Wildman–Crippen LogP) is -5.13. The SMILES string of the molecule is C[C@@H](O)C(C)(O)C(=O)[O-].[Na+]. The van der Waals surface area contributed by atoms with Crippen LogP contribution >= 0.6 is 0 Å². The number of carbonyl (C=O) groups excluding carboxylic acids is 1. The molecule has 2 N–H and O–H groups in total. The Hall–Kier alpha value is 0.390. The fourth-order valence-corrected chi connectivity index (χ4v) is 0.171. The van der Waals surface area contributed by atoms with Crippen LogP contribution in [0.1, 0.15) is 13.8 Å². The van der Waals surface area contributed by atoms with Crippen LogP contribution < -0.4 is 34.7 Å². The van der Waals surface area contributed by atoms with Crippen molar-refractivity contribution in [1.29, 1.82) is 0 Å². The first-order valence-corrected chi connectivity index (χ1v) is 2.51. The molecule has 0 rings (SSSR count). The average molecular weight is 156 g/mol.